The fraction of sp³-hybridized carbons (Fsp3) is 0.0909. The predicted octanol–water partition coefficient (Wildman–Crippen LogP) is 3.85. The lowest BCUT2D eigenvalue weighted by molar-refractivity contribution is -0.689. The Labute approximate surface area is 214 Å². The number of hydrogen-bond acceptors (Lipinski definition) is 1. The minimum Gasteiger partial charge on any atom is -0.287 e. The number of hydrogen-bond donors (Lipinski definition) is 0. The minimum atomic E-state index is -2.60. The quantitative estimate of drug-likeness (QED) is 0.149. The first kappa shape index (κ1) is 23.6. The van der Waals surface area contributed by atoms with E-state index < -0.39 is 8.07 Å². The van der Waals surface area contributed by atoms with Gasteiger partial charge in [-0.15, -0.1) is 0 Å². The van der Waals surface area contributed by atoms with Crippen molar-refractivity contribution >= 4 is 34.6 Å². The van der Waals surface area contributed by atoms with Gasteiger partial charge in [-0.05, 0) is 27.7 Å². The number of carbonyl (C=O) groups is 1. The highest BCUT2D eigenvalue weighted by Gasteiger charge is 2.43. The first-order valence-electron chi connectivity index (χ1n) is 12.4. The Morgan fingerprint density at radius 1 is 0.639 bits per heavy atom. The number of rotatable bonds is 7. The zero-order valence-corrected chi connectivity index (χ0v) is 21.8. The maximum absolute atomic E-state index is 13.0. The number of aryl methyl sites for hydroxylation is 2. The molecule has 0 aliphatic carbocycles. The van der Waals surface area contributed by atoms with Gasteiger partial charge in [0.05, 0.1) is 0 Å². The van der Waals surface area contributed by atoms with Gasteiger partial charge < -0.3 is 0 Å². The van der Waals surface area contributed by atoms with Crippen LogP contribution in [0, 0.1) is 13.8 Å². The molecule has 1 aromatic heterocycles. The summed E-state index contributed by atoms with van der Waals surface area (Å²) in [5, 5.41) is 5.40. The van der Waals surface area contributed by atoms with E-state index in [1.54, 1.807) is 0 Å². The molecule has 0 saturated heterocycles. The summed E-state index contributed by atoms with van der Waals surface area (Å²) in [6.45, 7) is 4.63. The zero-order chi connectivity index (χ0) is 25.0. The number of aromatic nitrogens is 1. The fourth-order valence-electron chi connectivity index (χ4n) is 5.29. The van der Waals surface area contributed by atoms with Crippen molar-refractivity contribution in [1.29, 1.82) is 0 Å². The molecule has 0 aliphatic heterocycles. The van der Waals surface area contributed by atoms with Crippen LogP contribution in [0.1, 0.15) is 21.6 Å². The van der Waals surface area contributed by atoms with E-state index in [-0.39, 0.29) is 5.78 Å². The third kappa shape index (κ3) is 4.34. The van der Waals surface area contributed by atoms with Crippen LogP contribution in [0.4, 0.5) is 0 Å². The average Bonchev–Trinajstić information content (AvgIpc) is 2.94. The number of ketones is 1. The molecule has 0 N–H and O–H groups in total. The molecule has 4 aromatic carbocycles. The maximum atomic E-state index is 13.0. The zero-order valence-electron chi connectivity index (χ0n) is 20.8. The van der Waals surface area contributed by atoms with Crippen molar-refractivity contribution < 1.29 is 9.36 Å². The van der Waals surface area contributed by atoms with Crippen LogP contribution in [0.25, 0.3) is 0 Å². The van der Waals surface area contributed by atoms with Crippen molar-refractivity contribution in [2.45, 2.75) is 20.4 Å². The van der Waals surface area contributed by atoms with Crippen LogP contribution in [-0.4, -0.2) is 13.9 Å². The van der Waals surface area contributed by atoms with Gasteiger partial charge in [-0.3, -0.25) is 4.79 Å². The van der Waals surface area contributed by atoms with E-state index in [1.807, 2.05) is 30.3 Å². The van der Waals surface area contributed by atoms with Crippen LogP contribution in [-0.2, 0) is 6.54 Å². The molecule has 176 valence electrons. The van der Waals surface area contributed by atoms with Crippen LogP contribution >= 0.6 is 0 Å². The summed E-state index contributed by atoms with van der Waals surface area (Å²) in [6.07, 6.45) is 2.17. The smallest absolute Gasteiger partial charge is 0.227 e. The van der Waals surface area contributed by atoms with Gasteiger partial charge in [-0.25, -0.2) is 0 Å². The van der Waals surface area contributed by atoms with Gasteiger partial charge in [0.1, 0.15) is 0 Å². The average molecular weight is 485 g/mol. The third-order valence-electron chi connectivity index (χ3n) is 7.01. The normalized spacial score (nSPS) is 11.3. The molecule has 0 unspecified atom stereocenters. The first-order valence-corrected chi connectivity index (χ1v) is 14.4. The largest absolute Gasteiger partial charge is 0.287 e. The van der Waals surface area contributed by atoms with Gasteiger partial charge in [0.2, 0.25) is 12.3 Å². The number of nitrogens with zero attached hydrogens (tertiary/aromatic N) is 1. The molecular formula is C33H30NOSi+. The minimum absolute atomic E-state index is 0.119. The molecule has 0 aliphatic rings. The Kier molecular flexibility index (Phi) is 6.74. The molecule has 0 radical (unpaired) electrons. The highest BCUT2D eigenvalue weighted by Crippen LogP contribution is 2.12. The Morgan fingerprint density at radius 2 is 1.06 bits per heavy atom. The van der Waals surface area contributed by atoms with Crippen molar-refractivity contribution in [2.24, 2.45) is 0 Å². The summed E-state index contributed by atoms with van der Waals surface area (Å²) in [6, 6.07) is 44.7. The SMILES string of the molecule is Cc1c[n+](CC(=O)c2ccccc2)c(C)cc1[Si](c1ccccc1)(c1ccccc1)c1ccccc1. The predicted molar refractivity (Wildman–Crippen MR) is 150 cm³/mol. The van der Waals surface area contributed by atoms with Crippen molar-refractivity contribution in [3.8, 4) is 0 Å². The van der Waals surface area contributed by atoms with E-state index in [0.29, 0.717) is 6.54 Å². The number of benzene rings is 4. The number of carbonyl (C=O) groups excluding carboxylic acids is 1. The second-order valence-electron chi connectivity index (χ2n) is 9.28. The van der Waals surface area contributed by atoms with Crippen molar-refractivity contribution in [2.75, 3.05) is 0 Å². The van der Waals surface area contributed by atoms with E-state index in [9.17, 15) is 4.79 Å². The molecule has 0 amide bonds. The summed E-state index contributed by atoms with van der Waals surface area (Å²) >= 11 is 0. The van der Waals surface area contributed by atoms with E-state index in [4.69, 9.17) is 0 Å². The molecule has 5 rings (SSSR count). The van der Waals surface area contributed by atoms with Gasteiger partial charge in [0.25, 0.3) is 0 Å². The molecule has 2 nitrogen and oxygen atoms in total. The molecular weight excluding hydrogens is 454 g/mol. The lowest BCUT2D eigenvalue weighted by atomic mass is 10.1. The van der Waals surface area contributed by atoms with Crippen LogP contribution < -0.4 is 25.3 Å². The summed E-state index contributed by atoms with van der Waals surface area (Å²) < 4.78 is 2.09. The van der Waals surface area contributed by atoms with E-state index in [0.717, 1.165) is 11.3 Å². The Morgan fingerprint density at radius 3 is 1.50 bits per heavy atom. The molecule has 1 heterocycles. The van der Waals surface area contributed by atoms with Crippen molar-refractivity contribution in [3.63, 3.8) is 0 Å². The Balaban J connectivity index is 1.73. The Bertz CT molecular complexity index is 1370. The molecule has 0 atom stereocenters. The van der Waals surface area contributed by atoms with Crippen LogP contribution in [0.5, 0.6) is 0 Å². The second kappa shape index (κ2) is 10.3. The van der Waals surface area contributed by atoms with Gasteiger partial charge in [0, 0.05) is 24.1 Å². The number of Topliss-reactive ketones (excluding diaryl/α,β-unsaturated/α-hetero) is 1. The molecule has 0 saturated carbocycles. The summed E-state index contributed by atoms with van der Waals surface area (Å²) in [7, 11) is -2.60. The maximum Gasteiger partial charge on any atom is 0.227 e. The van der Waals surface area contributed by atoms with E-state index in [2.05, 4.69) is 122 Å². The number of pyridine rings is 1. The fourth-order valence-corrected chi connectivity index (χ4v) is 10.4. The first-order chi connectivity index (χ1) is 17.6. The van der Waals surface area contributed by atoms with Crippen LogP contribution in [0.3, 0.4) is 0 Å². The standard InChI is InChI=1S/C33H30NOSi/c1-26-24-34(25-32(35)28-15-7-3-8-16-28)27(2)23-33(26)36(29-17-9-4-10-18-29,30-19-11-5-12-20-30)31-21-13-6-14-22-31/h3-24H,25H2,1-2H3/q+1. The summed E-state index contributed by atoms with van der Waals surface area (Å²) in [5.74, 6) is 0.119. The van der Waals surface area contributed by atoms with Gasteiger partial charge in [-0.2, -0.15) is 4.57 Å². The topological polar surface area (TPSA) is 20.9 Å². The molecule has 3 heteroatoms. The third-order valence-corrected chi connectivity index (χ3v) is 12.0. The molecule has 0 fully saturated rings. The second-order valence-corrected chi connectivity index (χ2v) is 13.0. The molecule has 36 heavy (non-hydrogen) atoms. The monoisotopic (exact) mass is 484 g/mol. The molecule has 0 bridgehead atoms. The van der Waals surface area contributed by atoms with Crippen molar-refractivity contribution in [3.05, 3.63) is 150 Å². The van der Waals surface area contributed by atoms with E-state index >= 15 is 0 Å². The highest BCUT2D eigenvalue weighted by atomic mass is 28.3. The highest BCUT2D eigenvalue weighted by molar-refractivity contribution is 7.20. The van der Waals surface area contributed by atoms with Gasteiger partial charge in [-0.1, -0.05) is 121 Å². The van der Waals surface area contributed by atoms with Gasteiger partial charge >= 0.3 is 0 Å². The summed E-state index contributed by atoms with van der Waals surface area (Å²) in [4.78, 5) is 13.0. The van der Waals surface area contributed by atoms with E-state index in [1.165, 1.54) is 26.3 Å². The van der Waals surface area contributed by atoms with Gasteiger partial charge in [0.15, 0.2) is 20.0 Å². The Hall–Kier alpha value is -4.08. The lowest BCUT2D eigenvalue weighted by Gasteiger charge is -2.35. The molecule has 5 aromatic rings. The summed E-state index contributed by atoms with van der Waals surface area (Å²) in [5.41, 5.74) is 3.02. The van der Waals surface area contributed by atoms with Crippen LogP contribution in [0.15, 0.2) is 134 Å². The van der Waals surface area contributed by atoms with Crippen molar-refractivity contribution in [1.82, 2.24) is 0 Å². The van der Waals surface area contributed by atoms with Crippen LogP contribution in [0.2, 0.25) is 0 Å². The lowest BCUT2D eigenvalue weighted by Crippen LogP contribution is -2.75. The molecule has 0 spiro atoms.